The fraction of sp³-hybridized carbons (Fsp3) is 0.826. The smallest absolute Gasteiger partial charge is 0.326 e. The number of hydrogen-bond donors (Lipinski definition) is 6. The van der Waals surface area contributed by atoms with Gasteiger partial charge in [0.05, 0.1) is 6.04 Å². The molecule has 4 atom stereocenters. The van der Waals surface area contributed by atoms with E-state index in [1.54, 1.807) is 0 Å². The number of nitrogens with one attached hydrogen (secondary N) is 3. The van der Waals surface area contributed by atoms with E-state index in [4.69, 9.17) is 11.5 Å². The summed E-state index contributed by atoms with van der Waals surface area (Å²) < 4.78 is 0. The molecular formula is C23H45N5O5S. The normalized spacial score (nSPS) is 14.9. The number of rotatable bonds is 18. The molecule has 0 aliphatic rings. The monoisotopic (exact) mass is 503 g/mol. The Labute approximate surface area is 208 Å². The second kappa shape index (κ2) is 17.6. The first-order valence-electron chi connectivity index (χ1n) is 12.0. The highest BCUT2D eigenvalue weighted by Gasteiger charge is 2.30. The van der Waals surface area contributed by atoms with Crippen LogP contribution >= 0.6 is 11.8 Å². The summed E-state index contributed by atoms with van der Waals surface area (Å²) in [5.74, 6) is -1.73. The number of carbonyl (C=O) groups excluding carboxylic acids is 3. The lowest BCUT2D eigenvalue weighted by Gasteiger charge is -2.26. The highest BCUT2D eigenvalue weighted by Crippen LogP contribution is 2.09. The summed E-state index contributed by atoms with van der Waals surface area (Å²) >= 11 is 1.51. The van der Waals surface area contributed by atoms with Crippen molar-refractivity contribution in [3.05, 3.63) is 0 Å². The predicted molar refractivity (Wildman–Crippen MR) is 136 cm³/mol. The van der Waals surface area contributed by atoms with Gasteiger partial charge in [-0.1, -0.05) is 27.7 Å². The number of amides is 3. The third kappa shape index (κ3) is 13.8. The summed E-state index contributed by atoms with van der Waals surface area (Å²) in [6.07, 6.45) is 4.61. The maximum atomic E-state index is 13.1. The van der Waals surface area contributed by atoms with Crippen LogP contribution in [0.3, 0.4) is 0 Å². The summed E-state index contributed by atoms with van der Waals surface area (Å²) in [7, 11) is 0. The van der Waals surface area contributed by atoms with E-state index >= 15 is 0 Å². The van der Waals surface area contributed by atoms with Gasteiger partial charge in [0, 0.05) is 0 Å². The van der Waals surface area contributed by atoms with Gasteiger partial charge in [-0.25, -0.2) is 4.79 Å². The fourth-order valence-corrected chi connectivity index (χ4v) is 3.87. The molecule has 34 heavy (non-hydrogen) atoms. The summed E-state index contributed by atoms with van der Waals surface area (Å²) in [5, 5.41) is 17.4. The Morgan fingerprint density at radius 3 is 1.76 bits per heavy atom. The Hall–Kier alpha value is -1.85. The molecule has 198 valence electrons. The Kier molecular flexibility index (Phi) is 16.6. The zero-order chi connectivity index (χ0) is 26.3. The lowest BCUT2D eigenvalue weighted by atomic mass is 10.0. The molecule has 0 saturated heterocycles. The number of aliphatic carboxylic acids is 1. The molecule has 11 heteroatoms. The molecule has 4 unspecified atom stereocenters. The van der Waals surface area contributed by atoms with Crippen molar-refractivity contribution in [2.24, 2.45) is 23.3 Å². The van der Waals surface area contributed by atoms with Crippen LogP contribution < -0.4 is 27.4 Å². The van der Waals surface area contributed by atoms with Crippen LogP contribution in [0, 0.1) is 11.8 Å². The summed E-state index contributed by atoms with van der Waals surface area (Å²) in [6, 6.07) is -3.58. The van der Waals surface area contributed by atoms with Gasteiger partial charge in [0.15, 0.2) is 0 Å². The molecule has 10 nitrogen and oxygen atoms in total. The molecular weight excluding hydrogens is 458 g/mol. The van der Waals surface area contributed by atoms with E-state index in [0.717, 1.165) is 0 Å². The number of carboxylic acid groups (broad SMARTS) is 1. The average Bonchev–Trinajstić information content (AvgIpc) is 2.74. The molecule has 0 aromatic carbocycles. The first kappa shape index (κ1) is 32.1. The van der Waals surface area contributed by atoms with Crippen LogP contribution in [0.4, 0.5) is 0 Å². The molecule has 0 aromatic heterocycles. The summed E-state index contributed by atoms with van der Waals surface area (Å²) in [6.45, 7) is 8.11. The molecule has 0 spiro atoms. The molecule has 0 heterocycles. The highest BCUT2D eigenvalue weighted by atomic mass is 32.2. The lowest BCUT2D eigenvalue weighted by molar-refractivity contribution is -0.142. The van der Waals surface area contributed by atoms with Gasteiger partial charge in [-0.2, -0.15) is 11.8 Å². The minimum absolute atomic E-state index is 0.0674. The van der Waals surface area contributed by atoms with E-state index in [2.05, 4.69) is 16.0 Å². The van der Waals surface area contributed by atoms with Crippen molar-refractivity contribution in [3.63, 3.8) is 0 Å². The maximum absolute atomic E-state index is 13.1. The van der Waals surface area contributed by atoms with E-state index in [0.29, 0.717) is 44.4 Å². The van der Waals surface area contributed by atoms with Gasteiger partial charge in [-0.15, -0.1) is 0 Å². The molecule has 0 fully saturated rings. The van der Waals surface area contributed by atoms with Crippen molar-refractivity contribution in [2.45, 2.75) is 90.4 Å². The van der Waals surface area contributed by atoms with Crippen molar-refractivity contribution >= 4 is 35.5 Å². The third-order valence-corrected chi connectivity index (χ3v) is 5.85. The van der Waals surface area contributed by atoms with Crippen molar-refractivity contribution in [2.75, 3.05) is 18.6 Å². The van der Waals surface area contributed by atoms with E-state index in [1.807, 2.05) is 34.0 Å². The average molecular weight is 504 g/mol. The fourth-order valence-electron chi connectivity index (χ4n) is 3.40. The molecule has 0 saturated carbocycles. The lowest BCUT2D eigenvalue weighted by Crippen LogP contribution is -2.57. The molecule has 0 aromatic rings. The topological polar surface area (TPSA) is 177 Å². The molecule has 0 rings (SSSR count). The number of unbranched alkanes of at least 4 members (excludes halogenated alkanes) is 1. The Bertz CT molecular complexity index is 647. The van der Waals surface area contributed by atoms with E-state index in [9.17, 15) is 24.3 Å². The second-order valence-electron chi connectivity index (χ2n) is 9.45. The SMILES string of the molecule is CSCCC(NC(=O)C(CCCCN)NC(=O)C(N)CC(C)C)C(=O)NC(CC(C)C)C(=O)O. The highest BCUT2D eigenvalue weighted by molar-refractivity contribution is 7.98. The van der Waals surface area contributed by atoms with Crippen molar-refractivity contribution in [1.29, 1.82) is 0 Å². The van der Waals surface area contributed by atoms with E-state index in [-0.39, 0.29) is 18.3 Å². The van der Waals surface area contributed by atoms with Gasteiger partial charge in [0.25, 0.3) is 0 Å². The zero-order valence-corrected chi connectivity index (χ0v) is 22.1. The van der Waals surface area contributed by atoms with Crippen LogP contribution in [0.2, 0.25) is 0 Å². The summed E-state index contributed by atoms with van der Waals surface area (Å²) in [4.78, 5) is 50.1. The second-order valence-corrected chi connectivity index (χ2v) is 10.4. The zero-order valence-electron chi connectivity index (χ0n) is 21.3. The minimum Gasteiger partial charge on any atom is -0.480 e. The van der Waals surface area contributed by atoms with Gasteiger partial charge in [-0.05, 0) is 68.9 Å². The third-order valence-electron chi connectivity index (χ3n) is 5.21. The number of hydrogen-bond acceptors (Lipinski definition) is 7. The Balaban J connectivity index is 5.45. The van der Waals surface area contributed by atoms with Crippen LogP contribution in [0.25, 0.3) is 0 Å². The van der Waals surface area contributed by atoms with Crippen LogP contribution in [0.5, 0.6) is 0 Å². The first-order chi connectivity index (χ1) is 15.9. The van der Waals surface area contributed by atoms with E-state index in [1.165, 1.54) is 11.8 Å². The maximum Gasteiger partial charge on any atom is 0.326 e. The van der Waals surface area contributed by atoms with Gasteiger partial charge >= 0.3 is 5.97 Å². The molecule has 0 aliphatic heterocycles. The van der Waals surface area contributed by atoms with Gasteiger partial charge < -0.3 is 32.5 Å². The number of nitrogens with two attached hydrogens (primary N) is 2. The quantitative estimate of drug-likeness (QED) is 0.149. The van der Waals surface area contributed by atoms with Gasteiger partial charge in [0.1, 0.15) is 18.1 Å². The largest absolute Gasteiger partial charge is 0.480 e. The van der Waals surface area contributed by atoms with Crippen LogP contribution in [0.1, 0.15) is 66.2 Å². The molecule has 0 bridgehead atoms. The van der Waals surface area contributed by atoms with Gasteiger partial charge in [-0.3, -0.25) is 14.4 Å². The number of carbonyl (C=O) groups is 4. The van der Waals surface area contributed by atoms with Crippen LogP contribution in [-0.4, -0.2) is 71.5 Å². The van der Waals surface area contributed by atoms with Crippen molar-refractivity contribution in [3.8, 4) is 0 Å². The molecule has 8 N–H and O–H groups in total. The van der Waals surface area contributed by atoms with Crippen molar-refractivity contribution in [1.82, 2.24) is 16.0 Å². The molecule has 0 radical (unpaired) electrons. The van der Waals surface area contributed by atoms with Crippen LogP contribution in [0.15, 0.2) is 0 Å². The number of carboxylic acids is 1. The Morgan fingerprint density at radius 1 is 0.794 bits per heavy atom. The molecule has 3 amide bonds. The van der Waals surface area contributed by atoms with Crippen LogP contribution in [-0.2, 0) is 19.2 Å². The minimum atomic E-state index is -1.12. The van der Waals surface area contributed by atoms with Crippen molar-refractivity contribution < 1.29 is 24.3 Å². The Morgan fingerprint density at radius 2 is 1.29 bits per heavy atom. The number of thioether (sulfide) groups is 1. The predicted octanol–water partition coefficient (Wildman–Crippen LogP) is 0.827. The summed E-state index contributed by atoms with van der Waals surface area (Å²) in [5.41, 5.74) is 11.5. The first-order valence-corrected chi connectivity index (χ1v) is 13.4. The molecule has 0 aliphatic carbocycles. The van der Waals surface area contributed by atoms with E-state index < -0.39 is 47.9 Å². The van der Waals surface area contributed by atoms with Gasteiger partial charge in [0.2, 0.25) is 17.7 Å². The standard InChI is InChI=1S/C23H45N5O5S/c1-14(2)12-16(25)20(29)26-17(8-6-7-10-24)21(30)27-18(9-11-34-5)22(31)28-19(23(32)33)13-15(3)4/h14-19H,6-13,24-25H2,1-5H3,(H,26,29)(H,27,30)(H,28,31)(H,32,33).